The minimum atomic E-state index is -0.205. The third-order valence-corrected chi connectivity index (χ3v) is 2.38. The molecule has 0 spiro atoms. The molecule has 1 rings (SSSR count). The van der Waals surface area contributed by atoms with Gasteiger partial charge in [-0.1, -0.05) is 18.3 Å². The highest BCUT2D eigenvalue weighted by Crippen LogP contribution is 2.10. The number of hydrogen-bond donors (Lipinski definition) is 2. The molecule has 1 aromatic heterocycles. The number of nitrogens with one attached hydrogen (secondary N) is 1. The number of carbonyl (C=O) groups is 1. The van der Waals surface area contributed by atoms with E-state index in [0.717, 1.165) is 17.8 Å². The molecule has 0 saturated heterocycles. The monoisotopic (exact) mass is 200 g/mol. The fourth-order valence-corrected chi connectivity index (χ4v) is 1.23. The Hall–Kier alpha value is -1.17. The van der Waals surface area contributed by atoms with Crippen LogP contribution in [0.1, 0.15) is 30.1 Å². The average Bonchev–Trinajstić information content (AvgIpc) is 2.51. The van der Waals surface area contributed by atoms with Crippen LogP contribution in [0, 0.1) is 0 Å². The third-order valence-electron chi connectivity index (χ3n) is 1.62. The van der Waals surface area contributed by atoms with E-state index in [9.17, 15) is 4.79 Å². The molecule has 1 amide bonds. The molecular weight excluding hydrogens is 188 g/mol. The van der Waals surface area contributed by atoms with E-state index in [2.05, 4.69) is 15.5 Å². The summed E-state index contributed by atoms with van der Waals surface area (Å²) in [4.78, 5) is 11.4. The number of carbonyl (C=O) groups excluding carboxylic acids is 1. The highest BCUT2D eigenvalue weighted by Gasteiger charge is 2.12. The highest BCUT2D eigenvalue weighted by molar-refractivity contribution is 7.16. The first-order valence-electron chi connectivity index (χ1n) is 4.03. The summed E-state index contributed by atoms with van der Waals surface area (Å²) >= 11 is 1.09. The molecule has 1 aromatic rings. The van der Waals surface area contributed by atoms with Crippen molar-refractivity contribution in [3.63, 3.8) is 0 Å². The van der Waals surface area contributed by atoms with Gasteiger partial charge in [0.1, 0.15) is 0 Å². The maximum Gasteiger partial charge on any atom is 0.282 e. The molecule has 1 heterocycles. The SMILES string of the molecule is CCC(C)NC(=O)c1nnc(N)s1. The molecule has 0 bridgehead atoms. The molecule has 13 heavy (non-hydrogen) atoms. The summed E-state index contributed by atoms with van der Waals surface area (Å²) in [6.07, 6.45) is 0.889. The first kappa shape index (κ1) is 9.91. The second kappa shape index (κ2) is 4.18. The molecule has 0 aliphatic heterocycles. The minimum Gasteiger partial charge on any atom is -0.374 e. The summed E-state index contributed by atoms with van der Waals surface area (Å²) in [5, 5.41) is 10.6. The largest absolute Gasteiger partial charge is 0.374 e. The Balaban J connectivity index is 2.58. The fourth-order valence-electron chi connectivity index (χ4n) is 0.714. The minimum absolute atomic E-state index is 0.151. The van der Waals surface area contributed by atoms with Crippen molar-refractivity contribution in [2.75, 3.05) is 5.73 Å². The smallest absolute Gasteiger partial charge is 0.282 e. The zero-order chi connectivity index (χ0) is 9.84. The van der Waals surface area contributed by atoms with Crippen molar-refractivity contribution in [2.45, 2.75) is 26.3 Å². The number of anilines is 1. The Kier molecular flexibility index (Phi) is 3.18. The molecule has 3 N–H and O–H groups in total. The number of hydrogen-bond acceptors (Lipinski definition) is 5. The quantitative estimate of drug-likeness (QED) is 0.750. The second-order valence-corrected chi connectivity index (χ2v) is 3.74. The Labute approximate surface area is 80.4 Å². The van der Waals surface area contributed by atoms with Crippen LogP contribution >= 0.6 is 11.3 Å². The lowest BCUT2D eigenvalue weighted by atomic mass is 10.2. The first-order chi connectivity index (χ1) is 6.13. The lowest BCUT2D eigenvalue weighted by Crippen LogP contribution is -2.31. The highest BCUT2D eigenvalue weighted by atomic mass is 32.1. The number of aromatic nitrogens is 2. The molecule has 0 aliphatic rings. The standard InChI is InChI=1S/C7H12N4OS/c1-3-4(2)9-5(12)6-10-11-7(8)13-6/h4H,3H2,1-2H3,(H2,8,11)(H,9,12). The molecule has 0 aromatic carbocycles. The van der Waals surface area contributed by atoms with Gasteiger partial charge in [0.2, 0.25) is 10.1 Å². The van der Waals surface area contributed by atoms with Crippen molar-refractivity contribution in [1.29, 1.82) is 0 Å². The van der Waals surface area contributed by atoms with Crippen molar-refractivity contribution < 1.29 is 4.79 Å². The van der Waals surface area contributed by atoms with Crippen molar-refractivity contribution in [2.24, 2.45) is 0 Å². The van der Waals surface area contributed by atoms with Gasteiger partial charge in [-0.2, -0.15) is 0 Å². The number of rotatable bonds is 3. The van der Waals surface area contributed by atoms with E-state index in [4.69, 9.17) is 5.73 Å². The van der Waals surface area contributed by atoms with Gasteiger partial charge in [0.15, 0.2) is 0 Å². The maximum absolute atomic E-state index is 11.4. The summed E-state index contributed by atoms with van der Waals surface area (Å²) < 4.78 is 0. The van der Waals surface area contributed by atoms with E-state index in [1.165, 1.54) is 0 Å². The van der Waals surface area contributed by atoms with Crippen LogP contribution in [0.15, 0.2) is 0 Å². The Morgan fingerprint density at radius 1 is 1.69 bits per heavy atom. The zero-order valence-corrected chi connectivity index (χ0v) is 8.39. The topological polar surface area (TPSA) is 80.9 Å². The maximum atomic E-state index is 11.4. The van der Waals surface area contributed by atoms with Gasteiger partial charge in [0, 0.05) is 6.04 Å². The van der Waals surface area contributed by atoms with Crippen molar-refractivity contribution in [3.05, 3.63) is 5.01 Å². The van der Waals surface area contributed by atoms with Crippen LogP contribution in [0.5, 0.6) is 0 Å². The lowest BCUT2D eigenvalue weighted by molar-refractivity contribution is 0.0938. The van der Waals surface area contributed by atoms with Gasteiger partial charge in [0.05, 0.1) is 0 Å². The number of nitrogen functional groups attached to an aromatic ring is 1. The summed E-state index contributed by atoms with van der Waals surface area (Å²) in [7, 11) is 0. The van der Waals surface area contributed by atoms with Crippen LogP contribution in [0.3, 0.4) is 0 Å². The van der Waals surface area contributed by atoms with Gasteiger partial charge >= 0.3 is 0 Å². The Bertz CT molecular complexity index is 298. The van der Waals surface area contributed by atoms with E-state index in [-0.39, 0.29) is 11.9 Å². The normalized spacial score (nSPS) is 12.5. The van der Waals surface area contributed by atoms with E-state index in [1.807, 2.05) is 13.8 Å². The summed E-state index contributed by atoms with van der Waals surface area (Å²) in [5.41, 5.74) is 5.34. The lowest BCUT2D eigenvalue weighted by Gasteiger charge is -2.08. The molecule has 0 saturated carbocycles. The predicted molar refractivity (Wildman–Crippen MR) is 51.5 cm³/mol. The van der Waals surface area contributed by atoms with E-state index in [1.54, 1.807) is 0 Å². The molecule has 5 nitrogen and oxygen atoms in total. The number of amides is 1. The van der Waals surface area contributed by atoms with Crippen LogP contribution in [0.2, 0.25) is 0 Å². The Morgan fingerprint density at radius 3 is 2.85 bits per heavy atom. The van der Waals surface area contributed by atoms with Gasteiger partial charge in [-0.25, -0.2) is 0 Å². The molecule has 0 fully saturated rings. The summed E-state index contributed by atoms with van der Waals surface area (Å²) in [6.45, 7) is 3.93. The summed E-state index contributed by atoms with van der Waals surface area (Å²) in [5.74, 6) is -0.205. The molecule has 1 atom stereocenters. The van der Waals surface area contributed by atoms with Gasteiger partial charge in [-0.05, 0) is 13.3 Å². The molecule has 6 heteroatoms. The van der Waals surface area contributed by atoms with Gasteiger partial charge < -0.3 is 11.1 Å². The van der Waals surface area contributed by atoms with Crippen molar-refractivity contribution in [1.82, 2.24) is 15.5 Å². The predicted octanol–water partition coefficient (Wildman–Crippen LogP) is 0.649. The molecule has 0 radical (unpaired) electrons. The number of nitrogens with zero attached hydrogens (tertiary/aromatic N) is 2. The van der Waals surface area contributed by atoms with Gasteiger partial charge in [0.25, 0.3) is 5.91 Å². The van der Waals surface area contributed by atoms with E-state index in [0.29, 0.717) is 10.1 Å². The fraction of sp³-hybridized carbons (Fsp3) is 0.571. The van der Waals surface area contributed by atoms with Gasteiger partial charge in [-0.15, -0.1) is 10.2 Å². The third kappa shape index (κ3) is 2.66. The second-order valence-electron chi connectivity index (χ2n) is 2.73. The zero-order valence-electron chi connectivity index (χ0n) is 7.57. The van der Waals surface area contributed by atoms with Crippen LogP contribution < -0.4 is 11.1 Å². The first-order valence-corrected chi connectivity index (χ1v) is 4.85. The summed E-state index contributed by atoms with van der Waals surface area (Å²) in [6, 6.07) is 0.151. The molecule has 72 valence electrons. The Morgan fingerprint density at radius 2 is 2.38 bits per heavy atom. The molecule has 1 unspecified atom stereocenters. The van der Waals surface area contributed by atoms with Crippen LogP contribution in [0.25, 0.3) is 0 Å². The van der Waals surface area contributed by atoms with Crippen LogP contribution in [0.4, 0.5) is 5.13 Å². The van der Waals surface area contributed by atoms with E-state index >= 15 is 0 Å². The van der Waals surface area contributed by atoms with Crippen LogP contribution in [-0.4, -0.2) is 22.1 Å². The van der Waals surface area contributed by atoms with E-state index < -0.39 is 0 Å². The number of nitrogens with two attached hydrogens (primary N) is 1. The average molecular weight is 200 g/mol. The van der Waals surface area contributed by atoms with Crippen molar-refractivity contribution >= 4 is 22.4 Å². The van der Waals surface area contributed by atoms with Crippen molar-refractivity contribution in [3.8, 4) is 0 Å². The van der Waals surface area contributed by atoms with Crippen LogP contribution in [-0.2, 0) is 0 Å². The molecule has 0 aliphatic carbocycles. The van der Waals surface area contributed by atoms with Gasteiger partial charge in [-0.3, -0.25) is 4.79 Å². The molecular formula is C7H12N4OS.